The second-order valence-corrected chi connectivity index (χ2v) is 3.28. The van der Waals surface area contributed by atoms with Gasteiger partial charge in [0, 0.05) is 5.92 Å². The average Bonchev–Trinajstić information content (AvgIpc) is 2.49. The lowest BCUT2D eigenvalue weighted by Crippen LogP contribution is -1.90. The van der Waals surface area contributed by atoms with Gasteiger partial charge < -0.3 is 10.2 Å². The van der Waals surface area contributed by atoms with Crippen LogP contribution in [0, 0.1) is 0 Å². The molecule has 0 spiro atoms. The Bertz CT molecular complexity index is 433. The van der Waals surface area contributed by atoms with E-state index in [1.807, 2.05) is 6.07 Å². The second kappa shape index (κ2) is 2.73. The highest BCUT2D eigenvalue weighted by Crippen LogP contribution is 2.25. The van der Waals surface area contributed by atoms with Crippen molar-refractivity contribution < 1.29 is 4.42 Å². The molecule has 2 heterocycles. The van der Waals surface area contributed by atoms with Crippen LogP contribution in [-0.4, -0.2) is 9.97 Å². The molecule has 0 bridgehead atoms. The molecule has 4 nitrogen and oxygen atoms in total. The molecule has 0 radical (unpaired) electrons. The first-order chi connectivity index (χ1) is 6.18. The van der Waals surface area contributed by atoms with Crippen molar-refractivity contribution in [1.29, 1.82) is 0 Å². The number of nitrogens with two attached hydrogens (primary N) is 1. The Morgan fingerprint density at radius 1 is 1.38 bits per heavy atom. The number of fused-ring (bicyclic) bond motifs is 1. The van der Waals surface area contributed by atoms with Gasteiger partial charge in [0.2, 0.25) is 5.71 Å². The lowest BCUT2D eigenvalue weighted by Gasteiger charge is -1.95. The Hall–Kier alpha value is -1.58. The fraction of sp³-hybridized carbons (Fsp3) is 0.333. The number of nitrogens with zero attached hydrogens (tertiary/aromatic N) is 2. The van der Waals surface area contributed by atoms with E-state index >= 15 is 0 Å². The Labute approximate surface area is 75.8 Å². The fourth-order valence-corrected chi connectivity index (χ4v) is 1.18. The van der Waals surface area contributed by atoms with Gasteiger partial charge in [0.25, 0.3) is 0 Å². The zero-order chi connectivity index (χ0) is 9.42. The molecule has 2 rings (SSSR count). The summed E-state index contributed by atoms with van der Waals surface area (Å²) in [7, 11) is 0. The predicted octanol–water partition coefficient (Wildman–Crippen LogP) is 1.93. The van der Waals surface area contributed by atoms with Crippen molar-refractivity contribution >= 4 is 16.9 Å². The van der Waals surface area contributed by atoms with Crippen molar-refractivity contribution in [2.75, 3.05) is 5.73 Å². The molecule has 0 amide bonds. The Morgan fingerprint density at radius 2 is 2.15 bits per heavy atom. The summed E-state index contributed by atoms with van der Waals surface area (Å²) in [6.07, 6.45) is 1.41. The van der Waals surface area contributed by atoms with Crippen molar-refractivity contribution in [3.63, 3.8) is 0 Å². The van der Waals surface area contributed by atoms with E-state index in [1.54, 1.807) is 0 Å². The molecule has 68 valence electrons. The van der Waals surface area contributed by atoms with Gasteiger partial charge in [0.1, 0.15) is 17.9 Å². The lowest BCUT2D eigenvalue weighted by atomic mass is 10.1. The minimum Gasteiger partial charge on any atom is -0.442 e. The molecule has 13 heavy (non-hydrogen) atoms. The van der Waals surface area contributed by atoms with Crippen LogP contribution in [0.3, 0.4) is 0 Å². The first-order valence-electron chi connectivity index (χ1n) is 4.18. The number of nitrogen functional groups attached to an aromatic ring is 1. The van der Waals surface area contributed by atoms with E-state index in [0.717, 1.165) is 11.1 Å². The molecular weight excluding hydrogens is 166 g/mol. The zero-order valence-corrected chi connectivity index (χ0v) is 7.61. The van der Waals surface area contributed by atoms with Gasteiger partial charge >= 0.3 is 0 Å². The molecule has 2 N–H and O–H groups in total. The first-order valence-corrected chi connectivity index (χ1v) is 4.18. The standard InChI is InChI=1S/C9H11N3O/c1-5(2)7-3-6-8(10)11-4-12-9(6)13-7/h3-5H,1-2H3,(H2,10,11,12). The topological polar surface area (TPSA) is 64.9 Å². The van der Waals surface area contributed by atoms with Crippen LogP contribution in [0.25, 0.3) is 11.1 Å². The van der Waals surface area contributed by atoms with Gasteiger partial charge in [0.15, 0.2) is 0 Å². The monoisotopic (exact) mass is 177 g/mol. The van der Waals surface area contributed by atoms with Crippen LogP contribution in [0.15, 0.2) is 16.8 Å². The highest BCUT2D eigenvalue weighted by molar-refractivity contribution is 5.84. The predicted molar refractivity (Wildman–Crippen MR) is 50.3 cm³/mol. The van der Waals surface area contributed by atoms with Crippen LogP contribution in [-0.2, 0) is 0 Å². The highest BCUT2D eigenvalue weighted by atomic mass is 16.3. The molecule has 0 aromatic carbocycles. The largest absolute Gasteiger partial charge is 0.442 e. The van der Waals surface area contributed by atoms with Gasteiger partial charge in [-0.2, -0.15) is 0 Å². The molecule has 0 saturated carbocycles. The normalized spacial score (nSPS) is 11.3. The zero-order valence-electron chi connectivity index (χ0n) is 7.61. The number of anilines is 1. The van der Waals surface area contributed by atoms with E-state index in [1.165, 1.54) is 6.33 Å². The van der Waals surface area contributed by atoms with Crippen LogP contribution in [0.4, 0.5) is 5.82 Å². The van der Waals surface area contributed by atoms with E-state index in [2.05, 4.69) is 23.8 Å². The average molecular weight is 177 g/mol. The number of furan rings is 1. The van der Waals surface area contributed by atoms with Crippen molar-refractivity contribution in [3.8, 4) is 0 Å². The van der Waals surface area contributed by atoms with E-state index in [9.17, 15) is 0 Å². The van der Waals surface area contributed by atoms with Crippen LogP contribution in [0.5, 0.6) is 0 Å². The molecule has 0 atom stereocenters. The molecule has 0 fully saturated rings. The van der Waals surface area contributed by atoms with Crippen molar-refractivity contribution in [3.05, 3.63) is 18.2 Å². The molecule has 2 aromatic heterocycles. The second-order valence-electron chi connectivity index (χ2n) is 3.28. The maximum absolute atomic E-state index is 5.66. The summed E-state index contributed by atoms with van der Waals surface area (Å²) in [4.78, 5) is 7.87. The third-order valence-electron chi connectivity index (χ3n) is 1.95. The van der Waals surface area contributed by atoms with E-state index in [-0.39, 0.29) is 0 Å². The molecule has 0 aliphatic carbocycles. The summed E-state index contributed by atoms with van der Waals surface area (Å²) in [5.41, 5.74) is 6.22. The summed E-state index contributed by atoms with van der Waals surface area (Å²) in [5.74, 6) is 1.71. The number of aromatic nitrogens is 2. The molecule has 0 unspecified atom stereocenters. The van der Waals surface area contributed by atoms with Gasteiger partial charge in [-0.15, -0.1) is 0 Å². The molecule has 2 aromatic rings. The molecule has 0 aliphatic rings. The third-order valence-corrected chi connectivity index (χ3v) is 1.95. The van der Waals surface area contributed by atoms with Crippen molar-refractivity contribution in [2.45, 2.75) is 19.8 Å². The Balaban J connectivity index is 2.68. The molecule has 0 saturated heterocycles. The van der Waals surface area contributed by atoms with Gasteiger partial charge in [-0.05, 0) is 6.07 Å². The molecule has 4 heteroatoms. The Morgan fingerprint density at radius 3 is 2.77 bits per heavy atom. The van der Waals surface area contributed by atoms with Crippen LogP contribution in [0.1, 0.15) is 25.5 Å². The van der Waals surface area contributed by atoms with Crippen molar-refractivity contribution in [2.24, 2.45) is 0 Å². The Kier molecular flexibility index (Phi) is 1.69. The van der Waals surface area contributed by atoms with Crippen LogP contribution < -0.4 is 5.73 Å². The minimum atomic E-state index is 0.341. The molecular formula is C9H11N3O. The maximum atomic E-state index is 5.66. The summed E-state index contributed by atoms with van der Waals surface area (Å²) in [6, 6.07) is 1.90. The van der Waals surface area contributed by atoms with Gasteiger partial charge in [0.05, 0.1) is 5.39 Å². The summed E-state index contributed by atoms with van der Waals surface area (Å²) < 4.78 is 5.48. The quantitative estimate of drug-likeness (QED) is 0.722. The van der Waals surface area contributed by atoms with Gasteiger partial charge in [-0.3, -0.25) is 0 Å². The van der Waals surface area contributed by atoms with Crippen LogP contribution in [0.2, 0.25) is 0 Å². The summed E-state index contributed by atoms with van der Waals surface area (Å²) in [5, 5.41) is 0.797. The smallest absolute Gasteiger partial charge is 0.231 e. The van der Waals surface area contributed by atoms with Crippen molar-refractivity contribution in [1.82, 2.24) is 9.97 Å². The van der Waals surface area contributed by atoms with E-state index in [0.29, 0.717) is 17.4 Å². The number of hydrogen-bond acceptors (Lipinski definition) is 4. The number of rotatable bonds is 1. The summed E-state index contributed by atoms with van der Waals surface area (Å²) >= 11 is 0. The van der Waals surface area contributed by atoms with Gasteiger partial charge in [-0.25, -0.2) is 9.97 Å². The minimum absolute atomic E-state index is 0.341. The van der Waals surface area contributed by atoms with Gasteiger partial charge in [-0.1, -0.05) is 13.8 Å². The highest BCUT2D eigenvalue weighted by Gasteiger charge is 2.10. The number of hydrogen-bond donors (Lipinski definition) is 1. The van der Waals surface area contributed by atoms with E-state index < -0.39 is 0 Å². The first kappa shape index (κ1) is 8.04. The van der Waals surface area contributed by atoms with E-state index in [4.69, 9.17) is 10.2 Å². The third kappa shape index (κ3) is 1.24. The SMILES string of the molecule is CC(C)c1cc2c(N)ncnc2o1. The fourth-order valence-electron chi connectivity index (χ4n) is 1.18. The van der Waals surface area contributed by atoms with Crippen LogP contribution >= 0.6 is 0 Å². The lowest BCUT2D eigenvalue weighted by molar-refractivity contribution is 0.513. The molecule has 0 aliphatic heterocycles. The summed E-state index contributed by atoms with van der Waals surface area (Å²) in [6.45, 7) is 4.11. The maximum Gasteiger partial charge on any atom is 0.231 e.